The summed E-state index contributed by atoms with van der Waals surface area (Å²) in [6.45, 7) is 4.73. The van der Waals surface area contributed by atoms with Crippen LogP contribution in [0.2, 0.25) is 0 Å². The van der Waals surface area contributed by atoms with Gasteiger partial charge >= 0.3 is 0 Å². The van der Waals surface area contributed by atoms with Gasteiger partial charge in [-0.15, -0.1) is 0 Å². The van der Waals surface area contributed by atoms with E-state index in [-0.39, 0.29) is 5.41 Å². The zero-order chi connectivity index (χ0) is 24.2. The fourth-order valence-corrected chi connectivity index (χ4v) is 7.05. The SMILES string of the molecule is CC1(C)c2ccccc2-c2ccc3c4ccccc4n(-c4ccc5oc6cccc(Br)c6c5c4)c3c21. The van der Waals surface area contributed by atoms with Crippen LogP contribution in [0.1, 0.15) is 25.0 Å². The number of hydrogen-bond acceptors (Lipinski definition) is 1. The Morgan fingerprint density at radius 3 is 2.44 bits per heavy atom. The predicted octanol–water partition coefficient (Wildman–Crippen LogP) is 9.75. The lowest BCUT2D eigenvalue weighted by Gasteiger charge is -2.23. The van der Waals surface area contributed by atoms with E-state index in [1.165, 1.54) is 44.1 Å². The Morgan fingerprint density at radius 2 is 1.53 bits per heavy atom. The largest absolute Gasteiger partial charge is 0.456 e. The summed E-state index contributed by atoms with van der Waals surface area (Å²) in [5.41, 5.74) is 10.8. The Hall–Kier alpha value is -3.82. The standard InChI is InChI=1S/C33H22BrNO/c1-33(2)25-10-5-3-8-20(25)22-15-16-23-21-9-4-6-12-27(21)35(32(23)31(22)33)19-14-17-28-24(18-19)30-26(34)11-7-13-29(30)36-28/h3-18H,1-2H3. The van der Waals surface area contributed by atoms with Crippen LogP contribution in [0.4, 0.5) is 0 Å². The molecule has 36 heavy (non-hydrogen) atoms. The van der Waals surface area contributed by atoms with E-state index in [1.807, 2.05) is 12.1 Å². The summed E-state index contributed by atoms with van der Waals surface area (Å²) < 4.78 is 9.71. The number of benzene rings is 5. The molecule has 0 atom stereocenters. The maximum Gasteiger partial charge on any atom is 0.136 e. The minimum absolute atomic E-state index is 0.104. The molecule has 0 fully saturated rings. The number of aromatic nitrogens is 1. The van der Waals surface area contributed by atoms with Crippen LogP contribution in [0, 0.1) is 0 Å². The Labute approximate surface area is 216 Å². The van der Waals surface area contributed by atoms with Gasteiger partial charge < -0.3 is 8.98 Å². The Morgan fingerprint density at radius 1 is 0.694 bits per heavy atom. The lowest BCUT2D eigenvalue weighted by atomic mass is 9.81. The molecule has 0 N–H and O–H groups in total. The van der Waals surface area contributed by atoms with Crippen molar-refractivity contribution in [3.8, 4) is 16.8 Å². The van der Waals surface area contributed by atoms with Crippen molar-refractivity contribution in [1.82, 2.24) is 4.57 Å². The first-order valence-corrected chi connectivity index (χ1v) is 13.1. The monoisotopic (exact) mass is 527 g/mol. The molecule has 5 aromatic carbocycles. The molecule has 1 aliphatic rings. The predicted molar refractivity (Wildman–Crippen MR) is 153 cm³/mol. The quantitative estimate of drug-likeness (QED) is 0.207. The van der Waals surface area contributed by atoms with Crippen molar-refractivity contribution < 1.29 is 4.42 Å². The van der Waals surface area contributed by atoms with Crippen LogP contribution < -0.4 is 0 Å². The van der Waals surface area contributed by atoms with Crippen LogP contribution in [0.5, 0.6) is 0 Å². The first-order valence-electron chi connectivity index (χ1n) is 12.3. The van der Waals surface area contributed by atoms with Gasteiger partial charge in [-0.05, 0) is 58.7 Å². The molecule has 0 aliphatic heterocycles. The fourth-order valence-electron chi connectivity index (χ4n) is 6.49. The average Bonchev–Trinajstić information content (AvgIpc) is 3.50. The topological polar surface area (TPSA) is 18.1 Å². The maximum atomic E-state index is 6.19. The molecule has 3 heteroatoms. The molecule has 172 valence electrons. The summed E-state index contributed by atoms with van der Waals surface area (Å²) in [4.78, 5) is 0. The maximum absolute atomic E-state index is 6.19. The van der Waals surface area contributed by atoms with Gasteiger partial charge in [0.25, 0.3) is 0 Å². The minimum Gasteiger partial charge on any atom is -0.456 e. The Balaban J connectivity index is 1.55. The summed E-state index contributed by atoms with van der Waals surface area (Å²) >= 11 is 3.76. The second-order valence-corrected chi connectivity index (χ2v) is 11.2. The molecule has 0 amide bonds. The normalized spacial score (nSPS) is 14.2. The van der Waals surface area contributed by atoms with Crippen molar-refractivity contribution in [2.45, 2.75) is 19.3 Å². The van der Waals surface area contributed by atoms with Crippen LogP contribution in [0.3, 0.4) is 0 Å². The third-order valence-corrected chi connectivity index (χ3v) is 8.70. The summed E-state index contributed by atoms with van der Waals surface area (Å²) in [5.74, 6) is 0. The summed E-state index contributed by atoms with van der Waals surface area (Å²) in [7, 11) is 0. The van der Waals surface area contributed by atoms with Crippen LogP contribution >= 0.6 is 15.9 Å². The van der Waals surface area contributed by atoms with Crippen LogP contribution in [0.15, 0.2) is 106 Å². The molecule has 0 radical (unpaired) electrons. The Kier molecular flexibility index (Phi) is 3.90. The molecule has 0 saturated heterocycles. The smallest absolute Gasteiger partial charge is 0.136 e. The molecule has 0 bridgehead atoms. The van der Waals surface area contributed by atoms with Gasteiger partial charge in [0.1, 0.15) is 11.2 Å². The number of nitrogens with zero attached hydrogens (tertiary/aromatic N) is 1. The van der Waals surface area contributed by atoms with Gasteiger partial charge in [-0.3, -0.25) is 0 Å². The third-order valence-electron chi connectivity index (χ3n) is 8.04. The molecular formula is C33H22BrNO. The van der Waals surface area contributed by atoms with Crippen molar-refractivity contribution in [3.63, 3.8) is 0 Å². The second kappa shape index (κ2) is 6.89. The number of furan rings is 1. The third kappa shape index (κ3) is 2.46. The minimum atomic E-state index is -0.104. The summed E-state index contributed by atoms with van der Waals surface area (Å²) in [6.07, 6.45) is 0. The van der Waals surface area contributed by atoms with E-state index in [0.29, 0.717) is 0 Å². The van der Waals surface area contributed by atoms with Gasteiger partial charge in [0.05, 0.1) is 11.0 Å². The highest BCUT2D eigenvalue weighted by Crippen LogP contribution is 2.53. The molecule has 7 aromatic rings. The number of halogens is 1. The zero-order valence-corrected chi connectivity index (χ0v) is 21.6. The number of para-hydroxylation sites is 1. The molecule has 0 unspecified atom stereocenters. The van der Waals surface area contributed by atoms with Gasteiger partial charge in [-0.1, -0.05) is 90.4 Å². The van der Waals surface area contributed by atoms with Gasteiger partial charge in [0, 0.05) is 37.1 Å². The lowest BCUT2D eigenvalue weighted by Crippen LogP contribution is -2.16. The van der Waals surface area contributed by atoms with Crippen molar-refractivity contribution in [2.24, 2.45) is 0 Å². The second-order valence-electron chi connectivity index (χ2n) is 10.3. The molecule has 2 aromatic heterocycles. The molecule has 2 heterocycles. The van der Waals surface area contributed by atoms with Crippen molar-refractivity contribution in [2.75, 3.05) is 0 Å². The molecule has 0 saturated carbocycles. The van der Waals surface area contributed by atoms with Crippen LogP contribution in [0.25, 0.3) is 60.6 Å². The highest BCUT2D eigenvalue weighted by molar-refractivity contribution is 9.10. The zero-order valence-electron chi connectivity index (χ0n) is 20.0. The fraction of sp³-hybridized carbons (Fsp3) is 0.0909. The molecule has 0 spiro atoms. The van der Waals surface area contributed by atoms with Crippen molar-refractivity contribution >= 4 is 59.7 Å². The van der Waals surface area contributed by atoms with Crippen molar-refractivity contribution in [1.29, 1.82) is 0 Å². The molecule has 1 aliphatic carbocycles. The van der Waals surface area contributed by atoms with E-state index in [9.17, 15) is 0 Å². The van der Waals surface area contributed by atoms with Gasteiger partial charge in [0.15, 0.2) is 0 Å². The lowest BCUT2D eigenvalue weighted by molar-refractivity contribution is 0.663. The molecular weight excluding hydrogens is 506 g/mol. The van der Waals surface area contributed by atoms with E-state index in [2.05, 4.69) is 119 Å². The van der Waals surface area contributed by atoms with E-state index >= 15 is 0 Å². The number of rotatable bonds is 1. The number of hydrogen-bond donors (Lipinski definition) is 0. The van der Waals surface area contributed by atoms with Gasteiger partial charge in [0.2, 0.25) is 0 Å². The van der Waals surface area contributed by atoms with E-state index < -0.39 is 0 Å². The molecule has 8 rings (SSSR count). The first kappa shape index (κ1) is 20.4. The molecule has 2 nitrogen and oxygen atoms in total. The van der Waals surface area contributed by atoms with E-state index in [4.69, 9.17) is 4.42 Å². The highest BCUT2D eigenvalue weighted by Gasteiger charge is 2.38. The first-order chi connectivity index (χ1) is 17.5. The summed E-state index contributed by atoms with van der Waals surface area (Å²) in [5, 5.41) is 4.81. The van der Waals surface area contributed by atoms with Crippen LogP contribution in [-0.4, -0.2) is 4.57 Å². The van der Waals surface area contributed by atoms with Gasteiger partial charge in [-0.25, -0.2) is 0 Å². The van der Waals surface area contributed by atoms with Crippen LogP contribution in [-0.2, 0) is 5.41 Å². The van der Waals surface area contributed by atoms with Gasteiger partial charge in [-0.2, -0.15) is 0 Å². The van der Waals surface area contributed by atoms with E-state index in [0.717, 1.165) is 32.1 Å². The Bertz CT molecular complexity index is 2040. The average molecular weight is 528 g/mol. The van der Waals surface area contributed by atoms with Crippen molar-refractivity contribution in [3.05, 3.63) is 113 Å². The number of fused-ring (bicyclic) bond motifs is 10. The highest BCUT2D eigenvalue weighted by atomic mass is 79.9. The summed E-state index contributed by atoms with van der Waals surface area (Å²) in [6, 6.07) is 35.0. The van der Waals surface area contributed by atoms with E-state index in [1.54, 1.807) is 0 Å².